The molecular weight excluding hydrogens is 341 g/mol. The van der Waals surface area contributed by atoms with Gasteiger partial charge in [0.15, 0.2) is 0 Å². The Morgan fingerprint density at radius 3 is 2.44 bits per heavy atom. The molecular formula is C22H30FN3O. The first-order valence-corrected chi connectivity index (χ1v) is 10.1. The van der Waals surface area contributed by atoms with E-state index in [1.807, 2.05) is 11.0 Å². The average Bonchev–Trinajstić information content (AvgIpc) is 3.00. The van der Waals surface area contributed by atoms with Gasteiger partial charge in [-0.3, -0.25) is 4.79 Å². The van der Waals surface area contributed by atoms with Gasteiger partial charge >= 0.3 is 0 Å². The highest BCUT2D eigenvalue weighted by Gasteiger charge is 2.30. The Morgan fingerprint density at radius 2 is 1.85 bits per heavy atom. The van der Waals surface area contributed by atoms with Crippen LogP contribution in [0.5, 0.6) is 0 Å². The van der Waals surface area contributed by atoms with Gasteiger partial charge in [0.1, 0.15) is 5.82 Å². The molecule has 1 aromatic carbocycles. The Morgan fingerprint density at radius 1 is 1.15 bits per heavy atom. The smallest absolute Gasteiger partial charge is 0.257 e. The molecule has 0 radical (unpaired) electrons. The van der Waals surface area contributed by atoms with Crippen molar-refractivity contribution < 1.29 is 9.18 Å². The molecule has 0 aliphatic carbocycles. The molecule has 1 fully saturated rings. The van der Waals surface area contributed by atoms with Gasteiger partial charge < -0.3 is 4.90 Å². The molecule has 0 spiro atoms. The van der Waals surface area contributed by atoms with Crippen molar-refractivity contribution in [3.05, 3.63) is 47.0 Å². The number of rotatable bonds is 5. The molecule has 27 heavy (non-hydrogen) atoms. The fourth-order valence-electron chi connectivity index (χ4n) is 3.83. The summed E-state index contributed by atoms with van der Waals surface area (Å²) in [5, 5.41) is 4.80. The molecule has 2 aromatic rings. The summed E-state index contributed by atoms with van der Waals surface area (Å²) in [6.45, 7) is 10.0. The number of likely N-dealkylation sites (tertiary alicyclic amines) is 1. The van der Waals surface area contributed by atoms with Gasteiger partial charge in [-0.2, -0.15) is 5.10 Å². The molecule has 3 rings (SSSR count). The van der Waals surface area contributed by atoms with Crippen molar-refractivity contribution in [2.45, 2.75) is 59.3 Å². The summed E-state index contributed by atoms with van der Waals surface area (Å²) in [5.74, 6) is 0.267. The van der Waals surface area contributed by atoms with Gasteiger partial charge in [0.2, 0.25) is 0 Å². The Bertz CT molecular complexity index is 804. The number of aromatic nitrogens is 2. The highest BCUT2D eigenvalue weighted by atomic mass is 19.1. The van der Waals surface area contributed by atoms with Crippen molar-refractivity contribution in [1.82, 2.24) is 14.7 Å². The number of amides is 1. The Labute approximate surface area is 161 Å². The zero-order valence-electron chi connectivity index (χ0n) is 16.8. The Balaban J connectivity index is 2.15. The molecule has 4 nitrogen and oxygen atoms in total. The maximum absolute atomic E-state index is 13.8. The van der Waals surface area contributed by atoms with Crippen molar-refractivity contribution in [1.29, 1.82) is 0 Å². The van der Waals surface area contributed by atoms with E-state index >= 15 is 0 Å². The van der Waals surface area contributed by atoms with Crippen LogP contribution in [0.25, 0.3) is 5.69 Å². The quantitative estimate of drug-likeness (QED) is 0.745. The van der Waals surface area contributed by atoms with Crippen LogP contribution in [0, 0.1) is 11.7 Å². The Kier molecular flexibility index (Phi) is 5.98. The second kappa shape index (κ2) is 8.24. The first-order chi connectivity index (χ1) is 12.9. The summed E-state index contributed by atoms with van der Waals surface area (Å²) in [6.07, 6.45) is 4.03. The number of hydrogen-bond donors (Lipinski definition) is 0. The molecule has 1 aliphatic heterocycles. The van der Waals surface area contributed by atoms with Crippen molar-refractivity contribution in [3.8, 4) is 5.69 Å². The second-order valence-corrected chi connectivity index (χ2v) is 8.20. The zero-order valence-corrected chi connectivity index (χ0v) is 16.8. The highest BCUT2D eigenvalue weighted by molar-refractivity contribution is 5.97. The van der Waals surface area contributed by atoms with Crippen molar-refractivity contribution >= 4 is 5.91 Å². The summed E-state index contributed by atoms with van der Waals surface area (Å²) in [6, 6.07) is 6.44. The van der Waals surface area contributed by atoms with E-state index in [4.69, 9.17) is 5.10 Å². The lowest BCUT2D eigenvalue weighted by Gasteiger charge is -2.27. The molecule has 0 unspecified atom stereocenters. The van der Waals surface area contributed by atoms with Crippen LogP contribution in [0.3, 0.4) is 0 Å². The lowest BCUT2D eigenvalue weighted by Crippen LogP contribution is -2.36. The minimum Gasteiger partial charge on any atom is -0.339 e. The van der Waals surface area contributed by atoms with Crippen molar-refractivity contribution in [2.75, 3.05) is 13.1 Å². The molecule has 2 heterocycles. The van der Waals surface area contributed by atoms with Gasteiger partial charge in [0.05, 0.1) is 22.6 Å². The minimum atomic E-state index is -0.299. The van der Waals surface area contributed by atoms with E-state index in [0.717, 1.165) is 49.3 Å². The summed E-state index contributed by atoms with van der Waals surface area (Å²) < 4.78 is 15.6. The lowest BCUT2D eigenvalue weighted by molar-refractivity contribution is 0.0721. The number of benzene rings is 1. The predicted molar refractivity (Wildman–Crippen MR) is 106 cm³/mol. The summed E-state index contributed by atoms with van der Waals surface area (Å²) in [7, 11) is 0. The third-order valence-electron chi connectivity index (χ3n) is 5.05. The third-order valence-corrected chi connectivity index (χ3v) is 5.05. The summed E-state index contributed by atoms with van der Waals surface area (Å²) in [4.78, 5) is 15.4. The van der Waals surface area contributed by atoms with Crippen LogP contribution in [-0.4, -0.2) is 33.7 Å². The third kappa shape index (κ3) is 4.23. The number of hydrogen-bond acceptors (Lipinski definition) is 2. The van der Waals surface area contributed by atoms with Crippen LogP contribution in [-0.2, 0) is 6.42 Å². The number of halogens is 1. The van der Waals surface area contributed by atoms with E-state index in [9.17, 15) is 9.18 Å². The first-order valence-electron chi connectivity index (χ1n) is 10.1. The summed E-state index contributed by atoms with van der Waals surface area (Å²) >= 11 is 0. The molecule has 0 saturated carbocycles. The van der Waals surface area contributed by atoms with E-state index in [1.165, 1.54) is 18.6 Å². The Hall–Kier alpha value is -2.17. The molecule has 0 N–H and O–H groups in total. The molecule has 0 bridgehead atoms. The number of carbonyl (C=O) groups excluding carboxylic acids is 1. The normalized spacial score (nSPS) is 15.0. The van der Waals surface area contributed by atoms with Crippen LogP contribution in [0.1, 0.15) is 74.6 Å². The first kappa shape index (κ1) is 19.6. The topological polar surface area (TPSA) is 38.1 Å². The fourth-order valence-corrected chi connectivity index (χ4v) is 3.83. The van der Waals surface area contributed by atoms with Crippen molar-refractivity contribution in [2.24, 2.45) is 5.92 Å². The molecule has 5 heteroatoms. The zero-order chi connectivity index (χ0) is 19.6. The molecule has 1 amide bonds. The molecule has 1 saturated heterocycles. The van der Waals surface area contributed by atoms with Gasteiger partial charge in [-0.1, -0.05) is 33.8 Å². The second-order valence-electron chi connectivity index (χ2n) is 8.20. The van der Waals surface area contributed by atoms with Gasteiger partial charge in [0, 0.05) is 13.1 Å². The highest BCUT2D eigenvalue weighted by Crippen LogP contribution is 2.29. The molecule has 1 aliphatic rings. The fraction of sp³-hybridized carbons (Fsp3) is 0.545. The van der Waals surface area contributed by atoms with Gasteiger partial charge in [-0.15, -0.1) is 0 Å². The van der Waals surface area contributed by atoms with E-state index in [1.54, 1.807) is 10.7 Å². The monoisotopic (exact) mass is 371 g/mol. The number of nitrogens with zero attached hydrogens (tertiary/aromatic N) is 3. The molecule has 0 atom stereocenters. The van der Waals surface area contributed by atoms with Crippen LogP contribution in [0.15, 0.2) is 24.3 Å². The minimum absolute atomic E-state index is 0.0803. The van der Waals surface area contributed by atoms with E-state index in [0.29, 0.717) is 11.6 Å². The van der Waals surface area contributed by atoms with Crippen LogP contribution in [0.4, 0.5) is 4.39 Å². The SMILES string of the molecule is CC(C)Cc1nn(-c2cccc(F)c2)c(C(C)C)c1C(=O)N1CCCCC1. The van der Waals surface area contributed by atoms with Crippen LogP contribution < -0.4 is 0 Å². The van der Waals surface area contributed by atoms with Crippen molar-refractivity contribution in [3.63, 3.8) is 0 Å². The maximum atomic E-state index is 13.8. The maximum Gasteiger partial charge on any atom is 0.257 e. The van der Waals surface area contributed by atoms with Gasteiger partial charge in [-0.25, -0.2) is 9.07 Å². The van der Waals surface area contributed by atoms with Crippen LogP contribution in [0.2, 0.25) is 0 Å². The number of piperidine rings is 1. The number of carbonyl (C=O) groups is 1. The van der Waals surface area contributed by atoms with E-state index in [2.05, 4.69) is 27.7 Å². The summed E-state index contributed by atoms with van der Waals surface area (Å²) in [5.41, 5.74) is 3.10. The lowest BCUT2D eigenvalue weighted by atomic mass is 9.97. The van der Waals surface area contributed by atoms with Gasteiger partial charge in [-0.05, 0) is 55.7 Å². The molecule has 1 aromatic heterocycles. The van der Waals surface area contributed by atoms with Crippen LogP contribution >= 0.6 is 0 Å². The molecule has 146 valence electrons. The standard InChI is InChI=1S/C22H30FN3O/c1-15(2)13-19-20(22(27)25-11-6-5-7-12-25)21(16(3)4)26(24-19)18-10-8-9-17(23)14-18/h8-10,14-16H,5-7,11-13H2,1-4H3. The predicted octanol–water partition coefficient (Wildman–Crippen LogP) is 4.96. The van der Waals surface area contributed by atoms with E-state index in [-0.39, 0.29) is 17.6 Å². The average molecular weight is 372 g/mol. The largest absolute Gasteiger partial charge is 0.339 e. The van der Waals surface area contributed by atoms with E-state index < -0.39 is 0 Å². The van der Waals surface area contributed by atoms with Gasteiger partial charge in [0.25, 0.3) is 5.91 Å².